The molecular formula is C19H23ClN2O4S. The average Bonchev–Trinajstić information content (AvgIpc) is 2.65. The molecule has 0 atom stereocenters. The van der Waals surface area contributed by atoms with Crippen LogP contribution in [-0.2, 0) is 16.6 Å². The number of rotatable bonds is 5. The van der Waals surface area contributed by atoms with E-state index in [0.29, 0.717) is 38.5 Å². The van der Waals surface area contributed by atoms with Crippen LogP contribution in [0.1, 0.15) is 11.1 Å². The van der Waals surface area contributed by atoms with E-state index in [0.717, 1.165) is 11.1 Å². The molecule has 2 aromatic rings. The van der Waals surface area contributed by atoms with E-state index in [1.807, 2.05) is 13.0 Å². The molecule has 1 N–H and O–H groups in total. The lowest BCUT2D eigenvalue weighted by molar-refractivity contribution is 0.179. The summed E-state index contributed by atoms with van der Waals surface area (Å²) in [7, 11) is -2.08. The van der Waals surface area contributed by atoms with Crippen molar-refractivity contribution in [2.24, 2.45) is 0 Å². The summed E-state index contributed by atoms with van der Waals surface area (Å²) in [5.41, 5.74) is 1.77. The molecule has 0 spiro atoms. The molecule has 0 bridgehead atoms. The third-order valence-corrected chi connectivity index (χ3v) is 7.10. The van der Waals surface area contributed by atoms with Crippen molar-refractivity contribution in [3.8, 4) is 11.5 Å². The molecule has 1 saturated heterocycles. The van der Waals surface area contributed by atoms with Crippen LogP contribution in [0.5, 0.6) is 11.5 Å². The van der Waals surface area contributed by atoms with Crippen LogP contribution in [-0.4, -0.2) is 56.0 Å². The maximum Gasteiger partial charge on any atom is 0.244 e. The lowest BCUT2D eigenvalue weighted by Crippen LogP contribution is -2.48. The van der Waals surface area contributed by atoms with Crippen molar-refractivity contribution in [1.82, 2.24) is 9.21 Å². The molecule has 1 fully saturated rings. The Hall–Kier alpha value is -1.80. The molecule has 0 amide bonds. The van der Waals surface area contributed by atoms with Crippen molar-refractivity contribution in [3.05, 3.63) is 52.5 Å². The predicted molar refractivity (Wildman–Crippen MR) is 105 cm³/mol. The summed E-state index contributed by atoms with van der Waals surface area (Å²) in [6.07, 6.45) is 0. The van der Waals surface area contributed by atoms with Gasteiger partial charge in [-0.25, -0.2) is 8.42 Å². The van der Waals surface area contributed by atoms with Gasteiger partial charge in [-0.2, -0.15) is 4.31 Å². The van der Waals surface area contributed by atoms with Crippen LogP contribution in [0, 0.1) is 6.92 Å². The molecular weight excluding hydrogens is 388 g/mol. The van der Waals surface area contributed by atoms with Crippen LogP contribution in [0.3, 0.4) is 0 Å². The Kier molecular flexibility index (Phi) is 5.95. The van der Waals surface area contributed by atoms with E-state index in [9.17, 15) is 13.5 Å². The first-order chi connectivity index (χ1) is 12.8. The summed E-state index contributed by atoms with van der Waals surface area (Å²) in [5.74, 6) is 0.583. The zero-order valence-electron chi connectivity index (χ0n) is 15.4. The Bertz CT molecular complexity index is 925. The Morgan fingerprint density at radius 3 is 2.44 bits per heavy atom. The van der Waals surface area contributed by atoms with Gasteiger partial charge in [0, 0.05) is 38.3 Å². The van der Waals surface area contributed by atoms with Crippen molar-refractivity contribution >= 4 is 21.6 Å². The van der Waals surface area contributed by atoms with Crippen LogP contribution in [0.15, 0.2) is 41.3 Å². The van der Waals surface area contributed by atoms with Crippen LogP contribution in [0.25, 0.3) is 0 Å². The highest BCUT2D eigenvalue weighted by molar-refractivity contribution is 7.89. The minimum absolute atomic E-state index is 0.134. The number of hydrogen-bond acceptors (Lipinski definition) is 5. The first-order valence-electron chi connectivity index (χ1n) is 8.66. The number of ether oxygens (including phenoxy) is 1. The Labute approximate surface area is 165 Å². The topological polar surface area (TPSA) is 70.1 Å². The lowest BCUT2D eigenvalue weighted by atomic mass is 10.1. The number of hydrogen-bond donors (Lipinski definition) is 1. The summed E-state index contributed by atoms with van der Waals surface area (Å²) in [5, 5.41) is 10.6. The highest BCUT2D eigenvalue weighted by atomic mass is 35.5. The quantitative estimate of drug-likeness (QED) is 0.820. The van der Waals surface area contributed by atoms with E-state index in [4.69, 9.17) is 16.3 Å². The molecule has 8 heteroatoms. The Morgan fingerprint density at radius 2 is 1.81 bits per heavy atom. The zero-order valence-corrected chi connectivity index (χ0v) is 16.9. The van der Waals surface area contributed by atoms with Crippen molar-refractivity contribution in [2.45, 2.75) is 18.4 Å². The lowest BCUT2D eigenvalue weighted by Gasteiger charge is -2.34. The van der Waals surface area contributed by atoms with Crippen LogP contribution >= 0.6 is 11.6 Å². The Balaban J connectivity index is 1.70. The molecule has 2 aromatic carbocycles. The second-order valence-electron chi connectivity index (χ2n) is 6.59. The van der Waals surface area contributed by atoms with Crippen LogP contribution < -0.4 is 4.74 Å². The molecule has 1 heterocycles. The fourth-order valence-electron chi connectivity index (χ4n) is 3.26. The van der Waals surface area contributed by atoms with E-state index in [1.54, 1.807) is 24.3 Å². The number of nitrogens with zero attached hydrogens (tertiary/aromatic N) is 2. The smallest absolute Gasteiger partial charge is 0.244 e. The molecule has 1 aliphatic rings. The maximum atomic E-state index is 12.8. The van der Waals surface area contributed by atoms with E-state index < -0.39 is 10.0 Å². The fourth-order valence-corrected chi connectivity index (χ4v) is 5.17. The number of piperazine rings is 1. The second-order valence-corrected chi connectivity index (χ2v) is 8.90. The molecule has 0 radical (unpaired) electrons. The van der Waals surface area contributed by atoms with Gasteiger partial charge in [-0.15, -0.1) is 0 Å². The molecule has 3 rings (SSSR count). The summed E-state index contributed by atoms with van der Waals surface area (Å²) in [6, 6.07) is 10.2. The van der Waals surface area contributed by atoms with Crippen molar-refractivity contribution in [1.29, 1.82) is 0 Å². The standard InChI is InChI=1S/C19H23ClN2O4S/c1-14-11-15(19(23)17(12-14)26-2)13-21-7-9-22(10-8-21)27(24,25)18-6-4-3-5-16(18)20/h3-6,11-12,23H,7-10,13H2,1-2H3. The first-order valence-corrected chi connectivity index (χ1v) is 10.5. The normalized spacial score (nSPS) is 16.4. The fraction of sp³-hybridized carbons (Fsp3) is 0.368. The van der Waals surface area contributed by atoms with Crippen molar-refractivity contribution in [3.63, 3.8) is 0 Å². The van der Waals surface area contributed by atoms with Gasteiger partial charge in [-0.3, -0.25) is 4.90 Å². The number of aromatic hydroxyl groups is 1. The van der Waals surface area contributed by atoms with Crippen LogP contribution in [0.2, 0.25) is 5.02 Å². The SMILES string of the molecule is COc1cc(C)cc(CN2CCN(S(=O)(=O)c3ccccc3Cl)CC2)c1O. The van der Waals surface area contributed by atoms with Crippen molar-refractivity contribution < 1.29 is 18.3 Å². The number of methoxy groups -OCH3 is 1. The molecule has 0 unspecified atom stereocenters. The van der Waals surface area contributed by atoms with Gasteiger partial charge in [0.2, 0.25) is 10.0 Å². The molecule has 27 heavy (non-hydrogen) atoms. The number of halogens is 1. The van der Waals surface area contributed by atoms with Gasteiger partial charge >= 0.3 is 0 Å². The molecule has 0 aliphatic carbocycles. The van der Waals surface area contributed by atoms with Gasteiger partial charge in [-0.05, 0) is 30.7 Å². The van der Waals surface area contributed by atoms with Gasteiger partial charge in [-0.1, -0.05) is 29.8 Å². The van der Waals surface area contributed by atoms with Gasteiger partial charge < -0.3 is 9.84 Å². The summed E-state index contributed by atoms with van der Waals surface area (Å²) in [4.78, 5) is 2.26. The number of phenolic OH excluding ortho intramolecular Hbond substituents is 1. The monoisotopic (exact) mass is 410 g/mol. The summed E-state index contributed by atoms with van der Waals surface area (Å²) in [6.45, 7) is 4.36. The number of benzene rings is 2. The van der Waals surface area contributed by atoms with Gasteiger partial charge in [0.15, 0.2) is 11.5 Å². The number of sulfonamides is 1. The molecule has 0 aromatic heterocycles. The van der Waals surface area contributed by atoms with E-state index in [1.165, 1.54) is 17.5 Å². The van der Waals surface area contributed by atoms with E-state index in [2.05, 4.69) is 4.90 Å². The molecule has 1 aliphatic heterocycles. The predicted octanol–water partition coefficient (Wildman–Crippen LogP) is 2.87. The van der Waals surface area contributed by atoms with Crippen LogP contribution in [0.4, 0.5) is 0 Å². The summed E-state index contributed by atoms with van der Waals surface area (Å²) >= 11 is 6.07. The minimum atomic E-state index is -3.61. The second kappa shape index (κ2) is 8.06. The Morgan fingerprint density at radius 1 is 1.15 bits per heavy atom. The summed E-state index contributed by atoms with van der Waals surface area (Å²) < 4.78 is 32.3. The largest absolute Gasteiger partial charge is 0.504 e. The number of phenols is 1. The van der Waals surface area contributed by atoms with Gasteiger partial charge in [0.25, 0.3) is 0 Å². The van der Waals surface area contributed by atoms with E-state index >= 15 is 0 Å². The third-order valence-electron chi connectivity index (χ3n) is 4.70. The highest BCUT2D eigenvalue weighted by Crippen LogP contribution is 2.32. The zero-order chi connectivity index (χ0) is 19.6. The first kappa shape index (κ1) is 19.9. The molecule has 6 nitrogen and oxygen atoms in total. The third kappa shape index (κ3) is 4.21. The minimum Gasteiger partial charge on any atom is -0.504 e. The maximum absolute atomic E-state index is 12.8. The van der Waals surface area contributed by atoms with E-state index in [-0.39, 0.29) is 15.7 Å². The highest BCUT2D eigenvalue weighted by Gasteiger charge is 2.30. The van der Waals surface area contributed by atoms with Gasteiger partial charge in [0.05, 0.1) is 12.1 Å². The average molecular weight is 411 g/mol. The van der Waals surface area contributed by atoms with Crippen molar-refractivity contribution in [2.75, 3.05) is 33.3 Å². The molecule has 146 valence electrons. The van der Waals surface area contributed by atoms with Gasteiger partial charge in [0.1, 0.15) is 4.90 Å². The number of aryl methyl sites for hydroxylation is 1. The molecule has 0 saturated carbocycles.